The number of carbonyl (C=O) groups excluding carboxylic acids is 2. The smallest absolute Gasteiger partial charge is 0.272 e. The number of hydrogen-bond acceptors (Lipinski definition) is 5. The molecule has 2 aromatic heterocycles. The number of rotatable bonds is 4. The Labute approximate surface area is 163 Å². The lowest BCUT2D eigenvalue weighted by molar-refractivity contribution is -0.122. The van der Waals surface area contributed by atoms with E-state index in [2.05, 4.69) is 38.2 Å². The van der Waals surface area contributed by atoms with Crippen LogP contribution in [0.2, 0.25) is 0 Å². The van der Waals surface area contributed by atoms with Gasteiger partial charge in [0.2, 0.25) is 5.91 Å². The first-order chi connectivity index (χ1) is 13.2. The molecule has 0 saturated carbocycles. The van der Waals surface area contributed by atoms with Crippen LogP contribution in [0.1, 0.15) is 40.6 Å². The van der Waals surface area contributed by atoms with Crippen molar-refractivity contribution in [3.05, 3.63) is 40.1 Å². The van der Waals surface area contributed by atoms with E-state index in [0.29, 0.717) is 24.6 Å². The van der Waals surface area contributed by atoms with Crippen LogP contribution in [0.4, 0.5) is 0 Å². The zero-order valence-electron chi connectivity index (χ0n) is 15.5. The van der Waals surface area contributed by atoms with Crippen LogP contribution in [-0.4, -0.2) is 64.4 Å². The molecule has 1 atom stereocenters. The van der Waals surface area contributed by atoms with Crippen LogP contribution < -0.4 is 5.32 Å². The largest absolute Gasteiger partial charge is 0.359 e. The second kappa shape index (κ2) is 7.82. The summed E-state index contributed by atoms with van der Waals surface area (Å²) in [6.07, 6.45) is 4.53. The van der Waals surface area contributed by atoms with Crippen molar-refractivity contribution in [2.45, 2.75) is 31.8 Å². The van der Waals surface area contributed by atoms with Crippen molar-refractivity contribution in [2.75, 3.05) is 33.2 Å². The fourth-order valence-electron chi connectivity index (χ4n) is 3.91. The molecule has 7 nitrogen and oxygen atoms in total. The third kappa shape index (κ3) is 3.64. The van der Waals surface area contributed by atoms with Gasteiger partial charge in [-0.2, -0.15) is 11.3 Å². The van der Waals surface area contributed by atoms with Crippen LogP contribution >= 0.6 is 11.3 Å². The highest BCUT2D eigenvalue weighted by atomic mass is 32.1. The highest BCUT2D eigenvalue weighted by Crippen LogP contribution is 2.28. The molecule has 143 valence electrons. The molecule has 8 heteroatoms. The third-order valence-electron chi connectivity index (χ3n) is 5.42. The van der Waals surface area contributed by atoms with Gasteiger partial charge in [0.05, 0.1) is 5.92 Å². The van der Waals surface area contributed by atoms with Crippen molar-refractivity contribution < 1.29 is 9.59 Å². The predicted octanol–water partition coefficient (Wildman–Crippen LogP) is 1.33. The molecule has 0 aliphatic carbocycles. The lowest BCUT2D eigenvalue weighted by Gasteiger charge is -2.34. The Kier molecular flexibility index (Phi) is 5.27. The number of imidazole rings is 1. The van der Waals surface area contributed by atoms with Crippen molar-refractivity contribution in [2.24, 2.45) is 0 Å². The number of piperazine rings is 1. The maximum Gasteiger partial charge on any atom is 0.272 e. The molecule has 2 aliphatic heterocycles. The molecule has 1 N–H and O–H groups in total. The molecule has 27 heavy (non-hydrogen) atoms. The first kappa shape index (κ1) is 18.2. The molecule has 4 heterocycles. The minimum absolute atomic E-state index is 0.0264. The second-order valence-electron chi connectivity index (χ2n) is 7.09. The number of thiophene rings is 1. The molecule has 2 aliphatic rings. The van der Waals surface area contributed by atoms with Gasteiger partial charge in [0.1, 0.15) is 17.7 Å². The summed E-state index contributed by atoms with van der Waals surface area (Å²) in [6.45, 7) is 4.80. The van der Waals surface area contributed by atoms with Crippen molar-refractivity contribution in [1.29, 1.82) is 0 Å². The van der Waals surface area contributed by atoms with Crippen molar-refractivity contribution in [3.8, 4) is 0 Å². The SMILES string of the molecule is CNC(=O)C1CCCn2c(C(=O)N3CCN(Cc4ccsc4)CC3)[c]nc21. The molecule has 1 fully saturated rings. The number of aromatic nitrogens is 2. The summed E-state index contributed by atoms with van der Waals surface area (Å²) in [7, 11) is 1.63. The van der Waals surface area contributed by atoms with E-state index in [1.54, 1.807) is 18.4 Å². The number of amides is 2. The van der Waals surface area contributed by atoms with Gasteiger partial charge in [-0.1, -0.05) is 0 Å². The zero-order chi connectivity index (χ0) is 18.8. The Hall–Kier alpha value is -2.19. The lowest BCUT2D eigenvalue weighted by atomic mass is 9.98. The quantitative estimate of drug-likeness (QED) is 0.861. The Morgan fingerprint density at radius 3 is 2.81 bits per heavy atom. The van der Waals surface area contributed by atoms with E-state index in [0.717, 1.165) is 39.0 Å². The summed E-state index contributed by atoms with van der Waals surface area (Å²) in [6, 6.07) is 2.15. The van der Waals surface area contributed by atoms with Crippen LogP contribution in [0.25, 0.3) is 0 Å². The van der Waals surface area contributed by atoms with Crippen molar-refractivity contribution >= 4 is 23.2 Å². The highest BCUT2D eigenvalue weighted by Gasteiger charge is 2.32. The van der Waals surface area contributed by atoms with E-state index in [4.69, 9.17) is 0 Å². The van der Waals surface area contributed by atoms with Crippen LogP contribution in [0, 0.1) is 6.20 Å². The summed E-state index contributed by atoms with van der Waals surface area (Å²) < 4.78 is 1.89. The van der Waals surface area contributed by atoms with Crippen LogP contribution in [-0.2, 0) is 17.9 Å². The first-order valence-electron chi connectivity index (χ1n) is 9.39. The van der Waals surface area contributed by atoms with Gasteiger partial charge in [-0.15, -0.1) is 0 Å². The minimum atomic E-state index is -0.288. The van der Waals surface area contributed by atoms with Gasteiger partial charge in [-0.25, -0.2) is 4.98 Å². The Morgan fingerprint density at radius 1 is 1.30 bits per heavy atom. The number of hydrogen-bond donors (Lipinski definition) is 1. The standard InChI is InChI=1S/C19H24N5O2S/c1-20-18(25)15-3-2-5-24-16(11-21-17(15)24)19(26)23-8-6-22(7-9-23)12-14-4-10-27-13-14/h4,10,13,15H,2-3,5-9,12H2,1H3,(H,20,25). The number of nitrogens with one attached hydrogen (secondary N) is 1. The maximum atomic E-state index is 13.0. The maximum absolute atomic E-state index is 13.0. The van der Waals surface area contributed by atoms with Crippen molar-refractivity contribution in [1.82, 2.24) is 24.7 Å². The molecule has 2 amide bonds. The average Bonchev–Trinajstić information content (AvgIpc) is 3.37. The first-order valence-corrected chi connectivity index (χ1v) is 10.3. The van der Waals surface area contributed by atoms with Crippen LogP contribution in [0.3, 0.4) is 0 Å². The summed E-state index contributed by atoms with van der Waals surface area (Å²) in [5.41, 5.74) is 1.82. The average molecular weight is 387 g/mol. The summed E-state index contributed by atoms with van der Waals surface area (Å²) in [4.78, 5) is 33.7. The van der Waals surface area contributed by atoms with E-state index in [-0.39, 0.29) is 17.7 Å². The molecular formula is C19H24N5O2S. The monoisotopic (exact) mass is 386 g/mol. The van der Waals surface area contributed by atoms with E-state index < -0.39 is 0 Å². The molecule has 1 unspecified atom stereocenters. The highest BCUT2D eigenvalue weighted by molar-refractivity contribution is 7.07. The van der Waals surface area contributed by atoms with Crippen LogP contribution in [0.15, 0.2) is 16.8 Å². The summed E-state index contributed by atoms with van der Waals surface area (Å²) in [5.74, 6) is 0.307. The molecule has 1 saturated heterocycles. The Balaban J connectivity index is 1.42. The van der Waals surface area contributed by atoms with Gasteiger partial charge in [0.15, 0.2) is 0 Å². The summed E-state index contributed by atoms with van der Waals surface area (Å²) in [5, 5.41) is 6.97. The van der Waals surface area contributed by atoms with E-state index >= 15 is 0 Å². The van der Waals surface area contributed by atoms with Gasteiger partial charge >= 0.3 is 0 Å². The van der Waals surface area contributed by atoms with Gasteiger partial charge < -0.3 is 14.8 Å². The third-order valence-corrected chi connectivity index (χ3v) is 6.15. The van der Waals surface area contributed by atoms with E-state index in [9.17, 15) is 9.59 Å². The molecular weight excluding hydrogens is 362 g/mol. The normalized spacial score (nSPS) is 20.3. The number of likely N-dealkylation sites (N-methyl/N-ethyl adjacent to an activating group) is 1. The molecule has 0 spiro atoms. The predicted molar refractivity (Wildman–Crippen MR) is 103 cm³/mol. The van der Waals surface area contributed by atoms with Gasteiger partial charge in [0.25, 0.3) is 5.91 Å². The lowest BCUT2D eigenvalue weighted by Crippen LogP contribution is -2.48. The molecule has 0 bridgehead atoms. The zero-order valence-corrected chi connectivity index (χ0v) is 16.3. The Bertz CT molecular complexity index is 808. The fraction of sp³-hybridized carbons (Fsp3) is 0.526. The molecule has 0 aromatic carbocycles. The Morgan fingerprint density at radius 2 is 2.11 bits per heavy atom. The van der Waals surface area contributed by atoms with Gasteiger partial charge in [0, 0.05) is 46.3 Å². The van der Waals surface area contributed by atoms with Gasteiger partial charge in [-0.3, -0.25) is 14.5 Å². The topological polar surface area (TPSA) is 70.5 Å². The number of carbonyl (C=O) groups is 2. The number of fused-ring (bicyclic) bond motifs is 1. The summed E-state index contributed by atoms with van der Waals surface area (Å²) >= 11 is 1.72. The number of nitrogens with zero attached hydrogens (tertiary/aromatic N) is 4. The van der Waals surface area contributed by atoms with Crippen LogP contribution in [0.5, 0.6) is 0 Å². The minimum Gasteiger partial charge on any atom is -0.359 e. The second-order valence-corrected chi connectivity index (χ2v) is 7.87. The van der Waals surface area contributed by atoms with Crippen molar-refractivity contribution in [3.63, 3.8) is 0 Å². The van der Waals surface area contributed by atoms with E-state index in [1.165, 1.54) is 5.56 Å². The van der Waals surface area contributed by atoms with E-state index in [1.807, 2.05) is 9.47 Å². The molecule has 2 aromatic rings. The molecule has 1 radical (unpaired) electrons. The molecule has 4 rings (SSSR count). The van der Waals surface area contributed by atoms with Gasteiger partial charge in [-0.05, 0) is 35.2 Å². The fourth-order valence-corrected chi connectivity index (χ4v) is 4.57.